The molecule has 1 aliphatic heterocycles. The molecule has 2 heteroatoms. The first-order chi connectivity index (χ1) is 7.11. The zero-order valence-corrected chi connectivity index (χ0v) is 9.99. The fraction of sp³-hybridized carbons (Fsp3) is 0.769. The highest BCUT2D eigenvalue weighted by Gasteiger charge is 2.39. The first kappa shape index (κ1) is 10.7. The Morgan fingerprint density at radius 3 is 2.80 bits per heavy atom. The van der Waals surface area contributed by atoms with Gasteiger partial charge in [-0.25, -0.2) is 0 Å². The van der Waals surface area contributed by atoms with Gasteiger partial charge in [0.2, 0.25) is 5.91 Å². The maximum atomic E-state index is 11.5. The van der Waals surface area contributed by atoms with Gasteiger partial charge in [-0.05, 0) is 25.2 Å². The maximum Gasteiger partial charge on any atom is 0.219 e. The van der Waals surface area contributed by atoms with Gasteiger partial charge in [0, 0.05) is 25.4 Å². The molecule has 15 heavy (non-hydrogen) atoms. The summed E-state index contributed by atoms with van der Waals surface area (Å²) in [6, 6.07) is 0.505. The molecule has 2 aliphatic rings. The topological polar surface area (TPSA) is 20.3 Å². The fourth-order valence-corrected chi connectivity index (χ4v) is 3.23. The minimum atomic E-state index is 0.257. The van der Waals surface area contributed by atoms with Crippen LogP contribution in [0.1, 0.15) is 40.0 Å². The van der Waals surface area contributed by atoms with Crippen molar-refractivity contribution in [2.75, 3.05) is 6.54 Å². The fourth-order valence-electron chi connectivity index (χ4n) is 3.23. The van der Waals surface area contributed by atoms with Crippen molar-refractivity contribution in [1.29, 1.82) is 0 Å². The van der Waals surface area contributed by atoms with Crippen molar-refractivity contribution in [3.63, 3.8) is 0 Å². The lowest BCUT2D eigenvalue weighted by Gasteiger charge is -2.33. The van der Waals surface area contributed by atoms with Gasteiger partial charge in [-0.1, -0.05) is 25.5 Å². The van der Waals surface area contributed by atoms with Crippen molar-refractivity contribution >= 4 is 5.91 Å². The van der Waals surface area contributed by atoms with Crippen LogP contribution in [0.15, 0.2) is 11.6 Å². The summed E-state index contributed by atoms with van der Waals surface area (Å²) < 4.78 is 0. The van der Waals surface area contributed by atoms with Crippen molar-refractivity contribution in [3.05, 3.63) is 11.6 Å². The molecule has 0 aromatic heterocycles. The molecule has 2 rings (SSSR count). The van der Waals surface area contributed by atoms with Crippen LogP contribution in [0.5, 0.6) is 0 Å². The molecule has 1 aliphatic carbocycles. The number of hydrogen-bond donors (Lipinski definition) is 0. The van der Waals surface area contributed by atoms with E-state index in [4.69, 9.17) is 0 Å². The lowest BCUT2D eigenvalue weighted by atomic mass is 9.79. The number of hydrogen-bond acceptors (Lipinski definition) is 1. The molecule has 0 aromatic carbocycles. The highest BCUT2D eigenvalue weighted by molar-refractivity contribution is 5.74. The number of nitrogens with zero attached hydrogens (tertiary/aromatic N) is 1. The molecule has 0 radical (unpaired) electrons. The standard InChI is InChI=1S/C13H21NO/c1-9(2)11-5-4-6-13-12(11)7-8-14(13)10(3)15/h5,9,12-13H,4,6-8H2,1-3H3. The Hall–Kier alpha value is -0.790. The number of amides is 1. The molecule has 0 saturated carbocycles. The van der Waals surface area contributed by atoms with Gasteiger partial charge < -0.3 is 4.90 Å². The minimum absolute atomic E-state index is 0.257. The second-order valence-electron chi connectivity index (χ2n) is 5.11. The molecule has 2 unspecified atom stereocenters. The van der Waals surface area contributed by atoms with Gasteiger partial charge in [-0.3, -0.25) is 4.79 Å². The van der Waals surface area contributed by atoms with Crippen molar-refractivity contribution in [2.45, 2.75) is 46.1 Å². The van der Waals surface area contributed by atoms with Crippen LogP contribution >= 0.6 is 0 Å². The summed E-state index contributed by atoms with van der Waals surface area (Å²) in [7, 11) is 0. The van der Waals surface area contributed by atoms with Crippen molar-refractivity contribution in [1.82, 2.24) is 4.90 Å². The van der Waals surface area contributed by atoms with Crippen LogP contribution in [-0.2, 0) is 4.79 Å². The zero-order valence-electron chi connectivity index (χ0n) is 9.99. The van der Waals surface area contributed by atoms with E-state index in [-0.39, 0.29) is 5.91 Å². The monoisotopic (exact) mass is 207 g/mol. The highest BCUT2D eigenvalue weighted by Crippen LogP contribution is 2.39. The molecule has 0 spiro atoms. The maximum absolute atomic E-state index is 11.5. The third-order valence-electron chi connectivity index (χ3n) is 3.89. The van der Waals surface area contributed by atoms with Crippen molar-refractivity contribution < 1.29 is 4.79 Å². The van der Waals surface area contributed by atoms with E-state index in [1.165, 1.54) is 12.8 Å². The largest absolute Gasteiger partial charge is 0.339 e. The Kier molecular flexibility index (Phi) is 2.85. The van der Waals surface area contributed by atoms with E-state index in [9.17, 15) is 4.79 Å². The predicted molar refractivity (Wildman–Crippen MR) is 61.4 cm³/mol. The Bertz CT molecular complexity index is 293. The summed E-state index contributed by atoms with van der Waals surface area (Å²) >= 11 is 0. The third kappa shape index (κ3) is 1.82. The van der Waals surface area contributed by atoms with Gasteiger partial charge in [0.15, 0.2) is 0 Å². The number of likely N-dealkylation sites (tertiary alicyclic amines) is 1. The van der Waals surface area contributed by atoms with Gasteiger partial charge >= 0.3 is 0 Å². The number of fused-ring (bicyclic) bond motifs is 1. The molecule has 1 saturated heterocycles. The van der Waals surface area contributed by atoms with Crippen LogP contribution in [-0.4, -0.2) is 23.4 Å². The van der Waals surface area contributed by atoms with Crippen LogP contribution in [0.2, 0.25) is 0 Å². The van der Waals surface area contributed by atoms with Crippen molar-refractivity contribution in [3.8, 4) is 0 Å². The summed E-state index contributed by atoms with van der Waals surface area (Å²) in [6.07, 6.45) is 5.91. The highest BCUT2D eigenvalue weighted by atomic mass is 16.2. The molecule has 1 fully saturated rings. The average Bonchev–Trinajstić information content (AvgIpc) is 2.59. The summed E-state index contributed by atoms with van der Waals surface area (Å²) in [6.45, 7) is 7.21. The lowest BCUT2D eigenvalue weighted by Crippen LogP contribution is -2.38. The van der Waals surface area contributed by atoms with Gasteiger partial charge in [-0.2, -0.15) is 0 Å². The summed E-state index contributed by atoms with van der Waals surface area (Å²) in [5.74, 6) is 1.56. The Morgan fingerprint density at radius 2 is 2.20 bits per heavy atom. The van der Waals surface area contributed by atoms with Crippen LogP contribution in [0.25, 0.3) is 0 Å². The quantitative estimate of drug-likeness (QED) is 0.605. The Labute approximate surface area is 92.3 Å². The van der Waals surface area contributed by atoms with E-state index >= 15 is 0 Å². The number of carbonyl (C=O) groups is 1. The first-order valence-corrected chi connectivity index (χ1v) is 6.08. The van der Waals surface area contributed by atoms with Gasteiger partial charge in [0.25, 0.3) is 0 Å². The summed E-state index contributed by atoms with van der Waals surface area (Å²) in [5, 5.41) is 0. The molecule has 84 valence electrons. The molecule has 1 amide bonds. The van der Waals surface area contributed by atoms with E-state index in [1.54, 1.807) is 12.5 Å². The molecule has 0 bridgehead atoms. The van der Waals surface area contributed by atoms with E-state index in [0.29, 0.717) is 17.9 Å². The normalized spacial score (nSPS) is 30.4. The van der Waals surface area contributed by atoms with Gasteiger partial charge in [0.05, 0.1) is 0 Å². The van der Waals surface area contributed by atoms with Gasteiger partial charge in [-0.15, -0.1) is 0 Å². The number of allylic oxidation sites excluding steroid dienone is 1. The molecule has 2 atom stereocenters. The van der Waals surface area contributed by atoms with E-state index in [1.807, 2.05) is 0 Å². The Balaban J connectivity index is 2.18. The van der Waals surface area contributed by atoms with Crippen LogP contribution in [0.3, 0.4) is 0 Å². The smallest absolute Gasteiger partial charge is 0.219 e. The number of carbonyl (C=O) groups excluding carboxylic acids is 1. The zero-order chi connectivity index (χ0) is 11.0. The second kappa shape index (κ2) is 3.99. The van der Waals surface area contributed by atoms with Crippen LogP contribution in [0, 0.1) is 11.8 Å². The minimum Gasteiger partial charge on any atom is -0.339 e. The first-order valence-electron chi connectivity index (χ1n) is 6.08. The van der Waals surface area contributed by atoms with Crippen LogP contribution in [0.4, 0.5) is 0 Å². The molecule has 2 nitrogen and oxygen atoms in total. The molecule has 0 aromatic rings. The predicted octanol–water partition coefficient (Wildman–Crippen LogP) is 2.60. The summed E-state index contributed by atoms with van der Waals surface area (Å²) in [5.41, 5.74) is 1.59. The van der Waals surface area contributed by atoms with E-state index in [0.717, 1.165) is 13.0 Å². The SMILES string of the molecule is CC(=O)N1CCC2C(C(C)C)=CCCC21. The van der Waals surface area contributed by atoms with E-state index < -0.39 is 0 Å². The molecular weight excluding hydrogens is 186 g/mol. The van der Waals surface area contributed by atoms with E-state index in [2.05, 4.69) is 24.8 Å². The third-order valence-corrected chi connectivity index (χ3v) is 3.89. The molecular formula is C13H21NO. The summed E-state index contributed by atoms with van der Waals surface area (Å²) in [4.78, 5) is 13.6. The average molecular weight is 207 g/mol. The lowest BCUT2D eigenvalue weighted by molar-refractivity contribution is -0.130. The molecule has 0 N–H and O–H groups in total. The van der Waals surface area contributed by atoms with Crippen molar-refractivity contribution in [2.24, 2.45) is 11.8 Å². The van der Waals surface area contributed by atoms with Crippen LogP contribution < -0.4 is 0 Å². The second-order valence-corrected chi connectivity index (χ2v) is 5.11. The number of rotatable bonds is 1. The molecule has 1 heterocycles. The van der Waals surface area contributed by atoms with Gasteiger partial charge in [0.1, 0.15) is 0 Å². The Morgan fingerprint density at radius 1 is 1.47 bits per heavy atom.